The van der Waals surface area contributed by atoms with E-state index in [1.807, 2.05) is 0 Å². The number of carbonyl (C=O) groups is 1. The van der Waals surface area contributed by atoms with Crippen LogP contribution >= 0.6 is 11.6 Å². The van der Waals surface area contributed by atoms with Crippen molar-refractivity contribution in [2.75, 3.05) is 5.32 Å². The van der Waals surface area contributed by atoms with Crippen LogP contribution < -0.4 is 10.1 Å². The summed E-state index contributed by atoms with van der Waals surface area (Å²) >= 11 is 5.85. The van der Waals surface area contributed by atoms with Crippen LogP contribution in [0.25, 0.3) is 0 Å². The molecule has 0 saturated carbocycles. The second kappa shape index (κ2) is 6.13. The van der Waals surface area contributed by atoms with Crippen LogP contribution in [0, 0.1) is 19.7 Å². The molecule has 112 valence electrons. The molecule has 0 bridgehead atoms. The first kappa shape index (κ1) is 15.3. The summed E-state index contributed by atoms with van der Waals surface area (Å²) in [6, 6.07) is 3.70. The van der Waals surface area contributed by atoms with Gasteiger partial charge in [0.1, 0.15) is 22.9 Å². The Kier molecular flexibility index (Phi) is 4.47. The largest absolute Gasteiger partial charge is 0.479 e. The molecule has 1 heterocycles. The summed E-state index contributed by atoms with van der Waals surface area (Å²) in [7, 11) is 0. The van der Waals surface area contributed by atoms with Gasteiger partial charge in [0, 0.05) is 0 Å². The Morgan fingerprint density at radius 2 is 2.19 bits per heavy atom. The number of anilines is 1. The molecule has 1 N–H and O–H groups in total. The minimum absolute atomic E-state index is 0.104. The van der Waals surface area contributed by atoms with Gasteiger partial charge in [0.2, 0.25) is 0 Å². The number of amides is 1. The van der Waals surface area contributed by atoms with Crippen LogP contribution in [0.2, 0.25) is 5.02 Å². The first-order valence-corrected chi connectivity index (χ1v) is 6.61. The number of benzene rings is 1. The first-order valence-electron chi connectivity index (χ1n) is 6.24. The molecule has 0 radical (unpaired) electrons. The van der Waals surface area contributed by atoms with Gasteiger partial charge in [0.05, 0.1) is 5.02 Å². The van der Waals surface area contributed by atoms with E-state index in [4.69, 9.17) is 20.9 Å². The normalized spacial score (nSPS) is 12.0. The monoisotopic (exact) mass is 312 g/mol. The molecule has 2 rings (SSSR count). The molecular weight excluding hydrogens is 299 g/mol. The molecule has 0 fully saturated rings. The van der Waals surface area contributed by atoms with Crippen LogP contribution in [-0.2, 0) is 4.79 Å². The maximum atomic E-state index is 12.9. The second-order valence-corrected chi connectivity index (χ2v) is 4.93. The minimum Gasteiger partial charge on any atom is -0.479 e. The van der Waals surface area contributed by atoms with Gasteiger partial charge in [0.15, 0.2) is 11.9 Å². The highest BCUT2D eigenvalue weighted by molar-refractivity contribution is 6.32. The van der Waals surface area contributed by atoms with Crippen molar-refractivity contribution in [2.45, 2.75) is 26.9 Å². The summed E-state index contributed by atoms with van der Waals surface area (Å²) in [5.74, 6) is -0.114. The van der Waals surface area contributed by atoms with Crippen LogP contribution in [0.1, 0.15) is 18.4 Å². The molecule has 0 spiro atoms. The highest BCUT2D eigenvalue weighted by Crippen LogP contribution is 2.26. The third-order valence-corrected chi connectivity index (χ3v) is 3.14. The van der Waals surface area contributed by atoms with Gasteiger partial charge in [-0.15, -0.1) is 0 Å². The predicted molar refractivity (Wildman–Crippen MR) is 76.1 cm³/mol. The first-order chi connectivity index (χ1) is 9.88. The molecule has 1 aromatic heterocycles. The average Bonchev–Trinajstić information content (AvgIpc) is 2.73. The van der Waals surface area contributed by atoms with Crippen molar-refractivity contribution in [2.24, 2.45) is 0 Å². The molecule has 0 aliphatic rings. The van der Waals surface area contributed by atoms with Crippen molar-refractivity contribution in [3.63, 3.8) is 0 Å². The summed E-state index contributed by atoms with van der Waals surface area (Å²) in [5.41, 5.74) is 1.09. The topological polar surface area (TPSA) is 64.4 Å². The fraction of sp³-hybridized carbons (Fsp3) is 0.286. The Labute approximate surface area is 126 Å². The maximum absolute atomic E-state index is 12.9. The third-order valence-electron chi connectivity index (χ3n) is 2.85. The molecule has 1 unspecified atom stereocenters. The van der Waals surface area contributed by atoms with Crippen molar-refractivity contribution >= 4 is 23.2 Å². The van der Waals surface area contributed by atoms with Gasteiger partial charge in [-0.05, 0) is 39.0 Å². The van der Waals surface area contributed by atoms with Crippen molar-refractivity contribution in [3.8, 4) is 5.75 Å². The molecule has 7 heteroatoms. The molecule has 21 heavy (non-hydrogen) atoms. The number of nitrogens with one attached hydrogen (secondary N) is 1. The van der Waals surface area contributed by atoms with Gasteiger partial charge < -0.3 is 14.6 Å². The number of hydrogen-bond donors (Lipinski definition) is 1. The van der Waals surface area contributed by atoms with Crippen LogP contribution in [0.15, 0.2) is 22.7 Å². The Balaban J connectivity index is 2.06. The van der Waals surface area contributed by atoms with E-state index in [0.717, 1.165) is 6.07 Å². The third kappa shape index (κ3) is 3.52. The van der Waals surface area contributed by atoms with E-state index < -0.39 is 11.9 Å². The van der Waals surface area contributed by atoms with E-state index >= 15 is 0 Å². The minimum atomic E-state index is -0.818. The maximum Gasteiger partial charge on any atom is 0.265 e. The average molecular weight is 313 g/mol. The fourth-order valence-corrected chi connectivity index (χ4v) is 1.91. The number of aryl methyl sites for hydroxylation is 2. The van der Waals surface area contributed by atoms with E-state index in [1.54, 1.807) is 20.8 Å². The Morgan fingerprint density at radius 1 is 1.48 bits per heavy atom. The summed E-state index contributed by atoms with van der Waals surface area (Å²) in [4.78, 5) is 12.1. The lowest BCUT2D eigenvalue weighted by atomic mass is 10.3. The van der Waals surface area contributed by atoms with E-state index in [-0.39, 0.29) is 16.7 Å². The van der Waals surface area contributed by atoms with Crippen molar-refractivity contribution in [1.29, 1.82) is 0 Å². The number of ether oxygens (including phenoxy) is 1. The zero-order valence-corrected chi connectivity index (χ0v) is 12.5. The highest BCUT2D eigenvalue weighted by Gasteiger charge is 2.19. The molecule has 0 saturated heterocycles. The lowest BCUT2D eigenvalue weighted by molar-refractivity contribution is -0.122. The molecule has 0 aliphatic heterocycles. The Morgan fingerprint density at radius 3 is 2.76 bits per heavy atom. The number of carbonyl (C=O) groups excluding carboxylic acids is 1. The molecular formula is C14H14ClFN2O3. The Bertz CT molecular complexity index is 653. The number of nitrogens with zero attached hydrogens (tertiary/aromatic N) is 1. The predicted octanol–water partition coefficient (Wildman–Crippen LogP) is 3.49. The molecule has 1 atom stereocenters. The van der Waals surface area contributed by atoms with Crippen LogP contribution in [0.3, 0.4) is 0 Å². The quantitative estimate of drug-likeness (QED) is 0.938. The smallest absolute Gasteiger partial charge is 0.265 e. The number of hydrogen-bond acceptors (Lipinski definition) is 4. The lowest BCUT2D eigenvalue weighted by Gasteiger charge is -2.15. The zero-order valence-electron chi connectivity index (χ0n) is 11.7. The molecule has 0 aliphatic carbocycles. The highest BCUT2D eigenvalue weighted by atomic mass is 35.5. The van der Waals surface area contributed by atoms with Crippen molar-refractivity contribution < 1.29 is 18.4 Å². The standard InChI is InChI=1S/C14H14ClFN2O3/c1-7-13(8(2)21-18-7)17-14(19)9(3)20-12-5-4-10(16)6-11(12)15/h4-6,9H,1-3H3,(H,17,19). The SMILES string of the molecule is Cc1noc(C)c1NC(=O)C(C)Oc1ccc(F)cc1Cl. The van der Waals surface area contributed by atoms with E-state index in [9.17, 15) is 9.18 Å². The molecule has 1 aromatic carbocycles. The molecule has 1 amide bonds. The zero-order chi connectivity index (χ0) is 15.6. The van der Waals surface area contributed by atoms with Gasteiger partial charge in [-0.3, -0.25) is 4.79 Å². The summed E-state index contributed by atoms with van der Waals surface area (Å²) in [6.45, 7) is 4.97. The lowest BCUT2D eigenvalue weighted by Crippen LogP contribution is -2.30. The van der Waals surface area contributed by atoms with E-state index in [1.165, 1.54) is 12.1 Å². The summed E-state index contributed by atoms with van der Waals surface area (Å²) < 4.78 is 23.3. The van der Waals surface area contributed by atoms with Gasteiger partial charge in [-0.2, -0.15) is 0 Å². The number of rotatable bonds is 4. The summed E-state index contributed by atoms with van der Waals surface area (Å²) in [5, 5.41) is 6.52. The van der Waals surface area contributed by atoms with Crippen LogP contribution in [-0.4, -0.2) is 17.2 Å². The van der Waals surface area contributed by atoms with E-state index in [0.29, 0.717) is 17.1 Å². The number of aromatic nitrogens is 1. The van der Waals surface area contributed by atoms with Gasteiger partial charge >= 0.3 is 0 Å². The van der Waals surface area contributed by atoms with Crippen molar-refractivity contribution in [3.05, 3.63) is 40.5 Å². The van der Waals surface area contributed by atoms with Gasteiger partial charge in [-0.1, -0.05) is 16.8 Å². The van der Waals surface area contributed by atoms with Gasteiger partial charge in [-0.25, -0.2) is 4.39 Å². The van der Waals surface area contributed by atoms with Crippen LogP contribution in [0.4, 0.5) is 10.1 Å². The number of halogens is 2. The van der Waals surface area contributed by atoms with Gasteiger partial charge in [0.25, 0.3) is 5.91 Å². The van der Waals surface area contributed by atoms with Crippen molar-refractivity contribution in [1.82, 2.24) is 5.16 Å². The summed E-state index contributed by atoms with van der Waals surface area (Å²) in [6.07, 6.45) is -0.818. The second-order valence-electron chi connectivity index (χ2n) is 4.52. The fourth-order valence-electron chi connectivity index (χ4n) is 1.70. The van der Waals surface area contributed by atoms with E-state index in [2.05, 4.69) is 10.5 Å². The molecule has 5 nitrogen and oxygen atoms in total. The Hall–Kier alpha value is -2.08. The van der Waals surface area contributed by atoms with Crippen LogP contribution in [0.5, 0.6) is 5.75 Å². The molecule has 2 aromatic rings.